The number of rotatable bonds is 4. The van der Waals surface area contributed by atoms with Gasteiger partial charge in [0.15, 0.2) is 0 Å². The van der Waals surface area contributed by atoms with Crippen LogP contribution in [0.2, 0.25) is 0 Å². The van der Waals surface area contributed by atoms with Gasteiger partial charge in [-0.15, -0.1) is 0 Å². The molecule has 0 aromatic heterocycles. The molecule has 4 heteroatoms. The van der Waals surface area contributed by atoms with Gasteiger partial charge in [-0.25, -0.2) is 0 Å². The fourth-order valence-corrected chi connectivity index (χ4v) is 2.60. The quantitative estimate of drug-likeness (QED) is 0.901. The highest BCUT2D eigenvalue weighted by atomic mass is 16.5. The van der Waals surface area contributed by atoms with Crippen molar-refractivity contribution in [2.24, 2.45) is 5.92 Å². The van der Waals surface area contributed by atoms with Crippen LogP contribution in [0.25, 0.3) is 0 Å². The van der Waals surface area contributed by atoms with Crippen molar-refractivity contribution in [2.45, 2.75) is 19.3 Å². The number of phenols is 1. The van der Waals surface area contributed by atoms with Crippen molar-refractivity contribution in [3.05, 3.63) is 29.8 Å². The predicted molar refractivity (Wildman–Crippen MR) is 73.0 cm³/mol. The summed E-state index contributed by atoms with van der Waals surface area (Å²) in [5, 5.41) is 9.70. The monoisotopic (exact) mass is 263 g/mol. The lowest BCUT2D eigenvalue weighted by molar-refractivity contribution is -0.132. The number of nitrogens with zero attached hydrogens (tertiary/aromatic N) is 1. The molecular formula is C15H21NO3. The number of hydrogen-bond donors (Lipinski definition) is 1. The number of carbonyl (C=O) groups is 1. The first-order valence-corrected chi connectivity index (χ1v) is 6.74. The summed E-state index contributed by atoms with van der Waals surface area (Å²) in [4.78, 5) is 14.1. The molecule has 0 saturated carbocycles. The number of hydrogen-bond acceptors (Lipinski definition) is 3. The first-order valence-electron chi connectivity index (χ1n) is 6.74. The summed E-state index contributed by atoms with van der Waals surface area (Å²) in [5.41, 5.74) is 0.696. The average molecular weight is 263 g/mol. The second-order valence-electron chi connectivity index (χ2n) is 5.11. The van der Waals surface area contributed by atoms with Crippen LogP contribution in [0.4, 0.5) is 0 Å². The Bertz CT molecular complexity index is 431. The Morgan fingerprint density at radius 3 is 3.00 bits per heavy atom. The molecule has 19 heavy (non-hydrogen) atoms. The molecule has 0 unspecified atom stereocenters. The van der Waals surface area contributed by atoms with E-state index in [9.17, 15) is 9.90 Å². The van der Waals surface area contributed by atoms with E-state index in [1.807, 2.05) is 11.0 Å². The van der Waals surface area contributed by atoms with Crippen LogP contribution >= 0.6 is 0 Å². The molecule has 1 aromatic rings. The van der Waals surface area contributed by atoms with Gasteiger partial charge in [0.2, 0.25) is 5.91 Å². The summed E-state index contributed by atoms with van der Waals surface area (Å²) in [6.45, 7) is 2.28. The van der Waals surface area contributed by atoms with E-state index >= 15 is 0 Å². The molecule has 2 rings (SSSR count). The molecule has 1 N–H and O–H groups in total. The molecule has 1 amide bonds. The maximum absolute atomic E-state index is 12.2. The molecule has 1 fully saturated rings. The fraction of sp³-hybridized carbons (Fsp3) is 0.533. The van der Waals surface area contributed by atoms with Gasteiger partial charge in [-0.05, 0) is 24.8 Å². The van der Waals surface area contributed by atoms with Crippen molar-refractivity contribution >= 4 is 5.91 Å². The van der Waals surface area contributed by atoms with E-state index in [2.05, 4.69) is 0 Å². The van der Waals surface area contributed by atoms with Crippen molar-refractivity contribution in [2.75, 3.05) is 26.8 Å². The summed E-state index contributed by atoms with van der Waals surface area (Å²) in [5.74, 6) is 0.718. The Morgan fingerprint density at radius 2 is 2.26 bits per heavy atom. The first kappa shape index (κ1) is 13.9. The van der Waals surface area contributed by atoms with Gasteiger partial charge in [0.25, 0.3) is 0 Å². The van der Waals surface area contributed by atoms with Gasteiger partial charge < -0.3 is 14.7 Å². The van der Waals surface area contributed by atoms with Crippen LogP contribution in [0.3, 0.4) is 0 Å². The number of ether oxygens (including phenoxy) is 1. The van der Waals surface area contributed by atoms with Crippen molar-refractivity contribution in [3.63, 3.8) is 0 Å². The Morgan fingerprint density at radius 1 is 1.47 bits per heavy atom. The standard InChI is InChI=1S/C15H21NO3/c1-19-11-12-5-4-8-16(10-12)15(18)9-13-6-2-3-7-14(13)17/h2-3,6-7,12,17H,4-5,8-11H2,1H3/t12-/m0/s1. The highest BCUT2D eigenvalue weighted by Crippen LogP contribution is 2.20. The molecule has 1 aliphatic heterocycles. The van der Waals surface area contributed by atoms with Gasteiger partial charge in [0.1, 0.15) is 5.75 Å². The topological polar surface area (TPSA) is 49.8 Å². The molecular weight excluding hydrogens is 242 g/mol. The number of para-hydroxylation sites is 1. The lowest BCUT2D eigenvalue weighted by atomic mass is 9.98. The highest BCUT2D eigenvalue weighted by molar-refractivity contribution is 5.79. The van der Waals surface area contributed by atoms with E-state index < -0.39 is 0 Å². The minimum absolute atomic E-state index is 0.0855. The molecule has 0 bridgehead atoms. The largest absolute Gasteiger partial charge is 0.508 e. The van der Waals surface area contributed by atoms with Crippen LogP contribution in [0.5, 0.6) is 5.75 Å². The van der Waals surface area contributed by atoms with Crippen LogP contribution in [0, 0.1) is 5.92 Å². The van der Waals surface area contributed by atoms with E-state index in [1.54, 1.807) is 25.3 Å². The zero-order chi connectivity index (χ0) is 13.7. The highest BCUT2D eigenvalue weighted by Gasteiger charge is 2.23. The van der Waals surface area contributed by atoms with Crippen molar-refractivity contribution in [3.8, 4) is 5.75 Å². The molecule has 0 radical (unpaired) electrons. The smallest absolute Gasteiger partial charge is 0.227 e. The SMILES string of the molecule is COC[C@H]1CCCN(C(=O)Cc2ccccc2O)C1. The van der Waals surface area contributed by atoms with Crippen LogP contribution in [-0.2, 0) is 16.0 Å². The number of aromatic hydroxyl groups is 1. The third kappa shape index (κ3) is 3.70. The van der Waals surface area contributed by atoms with E-state index in [0.717, 1.165) is 25.9 Å². The number of benzene rings is 1. The van der Waals surface area contributed by atoms with E-state index in [-0.39, 0.29) is 18.1 Å². The predicted octanol–water partition coefficient (Wildman–Crippen LogP) is 1.82. The molecule has 1 atom stereocenters. The number of phenolic OH excluding ortho intramolecular Hbond substituents is 1. The van der Waals surface area contributed by atoms with Gasteiger partial charge in [-0.3, -0.25) is 4.79 Å². The number of likely N-dealkylation sites (tertiary alicyclic amines) is 1. The van der Waals surface area contributed by atoms with E-state index in [0.29, 0.717) is 18.1 Å². The average Bonchev–Trinajstić information content (AvgIpc) is 2.42. The van der Waals surface area contributed by atoms with Gasteiger partial charge in [-0.2, -0.15) is 0 Å². The Labute approximate surface area is 114 Å². The normalized spacial score (nSPS) is 19.4. The zero-order valence-corrected chi connectivity index (χ0v) is 11.3. The second kappa shape index (κ2) is 6.57. The van der Waals surface area contributed by atoms with Crippen LogP contribution in [-0.4, -0.2) is 42.7 Å². The van der Waals surface area contributed by atoms with Gasteiger partial charge >= 0.3 is 0 Å². The third-order valence-electron chi connectivity index (χ3n) is 3.61. The zero-order valence-electron chi connectivity index (χ0n) is 11.3. The number of carbonyl (C=O) groups excluding carboxylic acids is 1. The number of methoxy groups -OCH3 is 1. The molecule has 1 aromatic carbocycles. The Balaban J connectivity index is 1.94. The maximum Gasteiger partial charge on any atom is 0.227 e. The van der Waals surface area contributed by atoms with Crippen molar-refractivity contribution < 1.29 is 14.6 Å². The minimum atomic E-state index is 0.0855. The molecule has 0 aliphatic carbocycles. The van der Waals surface area contributed by atoms with Crippen LogP contribution in [0.1, 0.15) is 18.4 Å². The third-order valence-corrected chi connectivity index (χ3v) is 3.61. The Hall–Kier alpha value is -1.55. The Kier molecular flexibility index (Phi) is 4.80. The fourth-order valence-electron chi connectivity index (χ4n) is 2.60. The van der Waals surface area contributed by atoms with Crippen LogP contribution < -0.4 is 0 Å². The second-order valence-corrected chi connectivity index (χ2v) is 5.11. The molecule has 1 heterocycles. The van der Waals surface area contributed by atoms with Gasteiger partial charge in [0.05, 0.1) is 13.0 Å². The summed E-state index contributed by atoms with van der Waals surface area (Å²) in [6.07, 6.45) is 2.42. The van der Waals surface area contributed by atoms with Crippen molar-refractivity contribution in [1.29, 1.82) is 0 Å². The van der Waals surface area contributed by atoms with Crippen LogP contribution in [0.15, 0.2) is 24.3 Å². The summed E-state index contributed by atoms with van der Waals surface area (Å²) < 4.78 is 5.17. The maximum atomic E-state index is 12.2. The molecule has 0 spiro atoms. The minimum Gasteiger partial charge on any atom is -0.508 e. The lowest BCUT2D eigenvalue weighted by Gasteiger charge is -2.32. The van der Waals surface area contributed by atoms with E-state index in [1.165, 1.54) is 0 Å². The van der Waals surface area contributed by atoms with Gasteiger partial charge in [0, 0.05) is 25.8 Å². The molecule has 1 saturated heterocycles. The van der Waals surface area contributed by atoms with E-state index in [4.69, 9.17) is 4.74 Å². The van der Waals surface area contributed by atoms with Gasteiger partial charge in [-0.1, -0.05) is 18.2 Å². The number of amides is 1. The van der Waals surface area contributed by atoms with Crippen molar-refractivity contribution in [1.82, 2.24) is 4.90 Å². The summed E-state index contributed by atoms with van der Waals surface area (Å²) in [7, 11) is 1.70. The summed E-state index contributed by atoms with van der Waals surface area (Å²) >= 11 is 0. The first-order chi connectivity index (χ1) is 9.20. The summed E-state index contributed by atoms with van der Waals surface area (Å²) in [6, 6.07) is 7.02. The number of piperidine rings is 1. The molecule has 4 nitrogen and oxygen atoms in total. The molecule has 1 aliphatic rings. The lowest BCUT2D eigenvalue weighted by Crippen LogP contribution is -2.41. The molecule has 104 valence electrons.